The summed E-state index contributed by atoms with van der Waals surface area (Å²) in [4.78, 5) is 26.5. The average molecular weight is 445 g/mol. The van der Waals surface area contributed by atoms with Gasteiger partial charge in [-0.25, -0.2) is 9.59 Å². The van der Waals surface area contributed by atoms with Gasteiger partial charge in [-0.2, -0.15) is 5.10 Å². The summed E-state index contributed by atoms with van der Waals surface area (Å²) >= 11 is 0. The molecule has 1 N–H and O–H groups in total. The van der Waals surface area contributed by atoms with Crippen LogP contribution in [-0.2, 0) is 9.47 Å². The second-order valence-corrected chi connectivity index (χ2v) is 8.73. The van der Waals surface area contributed by atoms with Crippen LogP contribution in [0.4, 0.5) is 4.79 Å². The summed E-state index contributed by atoms with van der Waals surface area (Å²) in [5.41, 5.74) is 1.16. The number of piperidine rings is 2. The summed E-state index contributed by atoms with van der Waals surface area (Å²) in [6.45, 7) is 6.89. The largest absolute Gasteiger partial charge is 0.490 e. The van der Waals surface area contributed by atoms with Crippen LogP contribution in [0.2, 0.25) is 0 Å². The number of aromatic nitrogens is 2. The number of fused-ring (bicyclic) bond motifs is 1. The van der Waals surface area contributed by atoms with Crippen LogP contribution in [0.25, 0.3) is 10.9 Å². The first-order valence-corrected chi connectivity index (χ1v) is 11.4. The maximum Gasteiger partial charge on any atom is 0.410 e. The number of hydrogen-bond acceptors (Lipinski definition) is 7. The van der Waals surface area contributed by atoms with Crippen LogP contribution < -0.4 is 10.1 Å². The fourth-order valence-electron chi connectivity index (χ4n) is 4.32. The van der Waals surface area contributed by atoms with E-state index >= 15 is 0 Å². The number of amides is 1. The second kappa shape index (κ2) is 9.77. The van der Waals surface area contributed by atoms with Crippen LogP contribution in [0.5, 0.6) is 5.75 Å². The molecule has 0 atom stereocenters. The number of rotatable bonds is 5. The number of benzene rings is 1. The molecule has 2 aromatic rings. The average Bonchev–Trinajstić information content (AvgIpc) is 3.21. The molecule has 1 aromatic carbocycles. The summed E-state index contributed by atoms with van der Waals surface area (Å²) in [6, 6.07) is 3.75. The topological polar surface area (TPSA) is 94.9 Å². The molecule has 0 bridgehead atoms. The number of carbonyl (C=O) groups excluding carboxylic acids is 2. The molecule has 0 radical (unpaired) electrons. The lowest BCUT2D eigenvalue weighted by Gasteiger charge is -2.33. The lowest BCUT2D eigenvalue weighted by atomic mass is 10.1. The zero-order valence-electron chi connectivity index (χ0n) is 19.0. The van der Waals surface area contributed by atoms with Gasteiger partial charge in [0.05, 0.1) is 24.8 Å². The van der Waals surface area contributed by atoms with Crippen molar-refractivity contribution in [3.8, 4) is 5.75 Å². The minimum atomic E-state index is -0.434. The van der Waals surface area contributed by atoms with Gasteiger partial charge < -0.3 is 24.4 Å². The molecule has 0 spiro atoms. The molecule has 9 nitrogen and oxygen atoms in total. The number of nitrogens with one attached hydrogen (secondary N) is 1. The van der Waals surface area contributed by atoms with Crippen molar-refractivity contribution < 1.29 is 23.8 Å². The van der Waals surface area contributed by atoms with Gasteiger partial charge >= 0.3 is 12.1 Å². The highest BCUT2D eigenvalue weighted by molar-refractivity contribution is 5.97. The van der Waals surface area contributed by atoms with Gasteiger partial charge in [-0.15, -0.1) is 0 Å². The van der Waals surface area contributed by atoms with Gasteiger partial charge in [0.1, 0.15) is 17.4 Å². The maximum absolute atomic E-state index is 12.5. The van der Waals surface area contributed by atoms with Crippen LogP contribution in [0, 0.1) is 0 Å². The number of ether oxygens (including phenoxy) is 3. The van der Waals surface area contributed by atoms with Crippen molar-refractivity contribution in [3.63, 3.8) is 0 Å². The lowest BCUT2D eigenvalue weighted by molar-refractivity contribution is 0.0408. The Labute approximate surface area is 188 Å². The summed E-state index contributed by atoms with van der Waals surface area (Å²) in [5, 5.41) is 8.87. The van der Waals surface area contributed by atoms with E-state index in [1.54, 1.807) is 17.0 Å². The fourth-order valence-corrected chi connectivity index (χ4v) is 4.32. The second-order valence-electron chi connectivity index (χ2n) is 8.73. The van der Waals surface area contributed by atoms with Gasteiger partial charge in [0.25, 0.3) is 0 Å². The molecule has 4 rings (SSSR count). The van der Waals surface area contributed by atoms with Crippen molar-refractivity contribution in [2.24, 2.45) is 0 Å². The van der Waals surface area contributed by atoms with Crippen LogP contribution >= 0.6 is 0 Å². The fraction of sp³-hybridized carbons (Fsp3) is 0.609. The molecular formula is C23H32N4O5. The molecule has 0 aliphatic carbocycles. The number of methoxy groups -OCH3 is 1. The molecule has 2 saturated heterocycles. The zero-order chi connectivity index (χ0) is 22.7. The predicted molar refractivity (Wildman–Crippen MR) is 119 cm³/mol. The SMILES string of the molecule is COC(=O)c1cc2cn(C3CCN(C(=O)OC4CCNCC4)CC3)nc2cc1OC(C)C. The quantitative estimate of drug-likeness (QED) is 0.708. The van der Waals surface area contributed by atoms with E-state index in [4.69, 9.17) is 19.3 Å². The molecule has 174 valence electrons. The van der Waals surface area contributed by atoms with Gasteiger partial charge in [0, 0.05) is 30.7 Å². The molecule has 0 saturated carbocycles. The smallest absolute Gasteiger partial charge is 0.410 e. The number of nitrogens with zero attached hydrogens (tertiary/aromatic N) is 3. The third-order valence-corrected chi connectivity index (χ3v) is 6.04. The van der Waals surface area contributed by atoms with Crippen molar-refractivity contribution in [2.75, 3.05) is 33.3 Å². The van der Waals surface area contributed by atoms with Crippen molar-refractivity contribution in [1.82, 2.24) is 20.0 Å². The Hall–Kier alpha value is -2.81. The highest BCUT2D eigenvalue weighted by atomic mass is 16.6. The molecule has 9 heteroatoms. The first-order chi connectivity index (χ1) is 15.4. The standard InChI is InChI=1S/C23H32N4O5/c1-15(2)31-21-13-20-16(12-19(21)22(28)30-3)14-27(25-20)17-6-10-26(11-7-17)23(29)32-18-4-8-24-9-5-18/h12-15,17-18,24H,4-11H2,1-3H3. The van der Waals surface area contributed by atoms with Crippen molar-refractivity contribution in [2.45, 2.75) is 57.8 Å². The Morgan fingerprint density at radius 3 is 2.50 bits per heavy atom. The van der Waals surface area contributed by atoms with Crippen LogP contribution in [0.1, 0.15) is 55.9 Å². The van der Waals surface area contributed by atoms with E-state index in [1.165, 1.54) is 7.11 Å². The van der Waals surface area contributed by atoms with Crippen LogP contribution in [0.3, 0.4) is 0 Å². The minimum absolute atomic E-state index is 0.0177. The first-order valence-electron chi connectivity index (χ1n) is 11.4. The molecule has 2 aliphatic rings. The van der Waals surface area contributed by atoms with E-state index < -0.39 is 5.97 Å². The van der Waals surface area contributed by atoms with Gasteiger partial charge in [0.15, 0.2) is 0 Å². The third-order valence-electron chi connectivity index (χ3n) is 6.04. The molecule has 1 amide bonds. The number of hydrogen-bond donors (Lipinski definition) is 1. The first kappa shape index (κ1) is 22.4. The highest BCUT2D eigenvalue weighted by Crippen LogP contribution is 2.30. The van der Waals surface area contributed by atoms with E-state index in [2.05, 4.69) is 5.32 Å². The molecule has 1 aromatic heterocycles. The summed E-state index contributed by atoms with van der Waals surface area (Å²) < 4.78 is 18.4. The molecule has 0 unspecified atom stereocenters. The summed E-state index contributed by atoms with van der Waals surface area (Å²) in [5.74, 6) is 0.0379. The Kier molecular flexibility index (Phi) is 6.83. The van der Waals surface area contributed by atoms with Gasteiger partial charge in [-0.05, 0) is 58.7 Å². The Morgan fingerprint density at radius 1 is 1.12 bits per heavy atom. The van der Waals surface area contributed by atoms with E-state index in [9.17, 15) is 9.59 Å². The maximum atomic E-state index is 12.5. The molecule has 3 heterocycles. The minimum Gasteiger partial charge on any atom is -0.490 e. The van der Waals surface area contributed by atoms with E-state index in [0.29, 0.717) is 24.4 Å². The molecule has 2 fully saturated rings. The monoisotopic (exact) mass is 444 g/mol. The van der Waals surface area contributed by atoms with E-state index in [-0.39, 0.29) is 24.3 Å². The van der Waals surface area contributed by atoms with E-state index in [1.807, 2.05) is 24.7 Å². The summed E-state index contributed by atoms with van der Waals surface area (Å²) in [6.07, 6.45) is 5.03. The van der Waals surface area contributed by atoms with Crippen LogP contribution in [0.15, 0.2) is 18.3 Å². The van der Waals surface area contributed by atoms with Crippen molar-refractivity contribution >= 4 is 23.0 Å². The van der Waals surface area contributed by atoms with Gasteiger partial charge in [-0.3, -0.25) is 4.68 Å². The van der Waals surface area contributed by atoms with Crippen LogP contribution in [-0.4, -0.2) is 72.2 Å². The lowest BCUT2D eigenvalue weighted by Crippen LogP contribution is -2.42. The molecular weight excluding hydrogens is 412 g/mol. The normalized spacial score (nSPS) is 18.2. The Balaban J connectivity index is 1.44. The zero-order valence-corrected chi connectivity index (χ0v) is 19.0. The number of esters is 1. The van der Waals surface area contributed by atoms with Gasteiger partial charge in [0.2, 0.25) is 0 Å². The van der Waals surface area contributed by atoms with Crippen molar-refractivity contribution in [1.29, 1.82) is 0 Å². The predicted octanol–water partition coefficient (Wildman–Crippen LogP) is 3.14. The third kappa shape index (κ3) is 4.98. The molecule has 2 aliphatic heterocycles. The summed E-state index contributed by atoms with van der Waals surface area (Å²) in [7, 11) is 1.36. The number of likely N-dealkylation sites (tertiary alicyclic amines) is 1. The highest BCUT2D eigenvalue weighted by Gasteiger charge is 2.28. The van der Waals surface area contributed by atoms with Gasteiger partial charge in [-0.1, -0.05) is 0 Å². The Bertz CT molecular complexity index is 959. The van der Waals surface area contributed by atoms with E-state index in [0.717, 1.165) is 49.7 Å². The number of carbonyl (C=O) groups is 2. The van der Waals surface area contributed by atoms with Crippen molar-refractivity contribution in [3.05, 3.63) is 23.9 Å². The Morgan fingerprint density at radius 2 is 1.84 bits per heavy atom. The molecule has 32 heavy (non-hydrogen) atoms.